The van der Waals surface area contributed by atoms with Crippen molar-refractivity contribution in [3.63, 3.8) is 0 Å². The van der Waals surface area contributed by atoms with Crippen molar-refractivity contribution in [2.75, 3.05) is 46.3 Å². The Bertz CT molecular complexity index is 828. The summed E-state index contributed by atoms with van der Waals surface area (Å²) < 4.78 is 0. The fraction of sp³-hybridized carbons (Fsp3) is 0.417. The second-order valence-electron chi connectivity index (χ2n) is 7.51. The van der Waals surface area contributed by atoms with Gasteiger partial charge in [0.25, 0.3) is 5.91 Å². The lowest BCUT2D eigenvalue weighted by Crippen LogP contribution is -2.52. The largest absolute Gasteiger partial charge is 0.357 e. The van der Waals surface area contributed by atoms with Crippen molar-refractivity contribution in [3.05, 3.63) is 71.3 Å². The van der Waals surface area contributed by atoms with Crippen LogP contribution in [0.3, 0.4) is 0 Å². The fourth-order valence-electron chi connectivity index (χ4n) is 3.69. The van der Waals surface area contributed by atoms with Crippen LogP contribution >= 0.6 is 0 Å². The monoisotopic (exact) mass is 407 g/mol. The molecule has 1 saturated heterocycles. The highest BCUT2D eigenvalue weighted by Gasteiger charge is 2.19. The van der Waals surface area contributed by atoms with Gasteiger partial charge in [0, 0.05) is 58.4 Å². The molecule has 0 radical (unpaired) electrons. The summed E-state index contributed by atoms with van der Waals surface area (Å²) in [6, 6.07) is 18.4. The molecule has 1 amide bonds. The quantitative estimate of drug-likeness (QED) is 0.547. The normalized spacial score (nSPS) is 15.1. The van der Waals surface area contributed by atoms with E-state index in [-0.39, 0.29) is 5.91 Å². The Morgan fingerprint density at radius 3 is 2.43 bits per heavy atom. The molecule has 6 nitrogen and oxygen atoms in total. The predicted molar refractivity (Wildman–Crippen MR) is 123 cm³/mol. The number of amides is 1. The molecule has 160 valence electrons. The summed E-state index contributed by atoms with van der Waals surface area (Å²) in [5, 5.41) is 6.11. The van der Waals surface area contributed by atoms with E-state index in [2.05, 4.69) is 63.8 Å². The Labute approximate surface area is 180 Å². The van der Waals surface area contributed by atoms with Crippen molar-refractivity contribution in [3.8, 4) is 0 Å². The molecule has 2 aromatic carbocycles. The summed E-state index contributed by atoms with van der Waals surface area (Å²) in [4.78, 5) is 21.5. The maximum absolute atomic E-state index is 11.8. The van der Waals surface area contributed by atoms with Gasteiger partial charge in [0.2, 0.25) is 0 Å². The molecule has 2 N–H and O–H groups in total. The number of hydrogen-bond donors (Lipinski definition) is 2. The van der Waals surface area contributed by atoms with Gasteiger partial charge in [-0.1, -0.05) is 42.5 Å². The van der Waals surface area contributed by atoms with Gasteiger partial charge in [-0.25, -0.2) is 0 Å². The molecule has 0 aliphatic carbocycles. The van der Waals surface area contributed by atoms with Crippen LogP contribution in [0.15, 0.2) is 59.6 Å². The Balaban J connectivity index is 1.53. The number of hydrogen-bond acceptors (Lipinski definition) is 3. The third kappa shape index (κ3) is 6.32. The molecule has 1 fully saturated rings. The summed E-state index contributed by atoms with van der Waals surface area (Å²) >= 11 is 0. The number of aliphatic imine (C=N–C) groups is 1. The van der Waals surface area contributed by atoms with Gasteiger partial charge in [0.1, 0.15) is 0 Å². The molecule has 1 heterocycles. The number of benzene rings is 2. The van der Waals surface area contributed by atoms with E-state index in [9.17, 15) is 4.79 Å². The van der Waals surface area contributed by atoms with Crippen molar-refractivity contribution in [1.82, 2.24) is 20.4 Å². The highest BCUT2D eigenvalue weighted by atomic mass is 16.1. The molecule has 0 aromatic heterocycles. The first-order valence-corrected chi connectivity index (χ1v) is 10.8. The fourth-order valence-corrected chi connectivity index (χ4v) is 3.69. The number of nitrogens with zero attached hydrogens (tertiary/aromatic N) is 3. The number of piperazine rings is 1. The van der Waals surface area contributed by atoms with Gasteiger partial charge in [0.05, 0.1) is 0 Å². The van der Waals surface area contributed by atoms with Gasteiger partial charge in [0.15, 0.2) is 5.96 Å². The van der Waals surface area contributed by atoms with Crippen molar-refractivity contribution < 1.29 is 4.79 Å². The lowest BCUT2D eigenvalue weighted by Gasteiger charge is -2.36. The molecule has 3 rings (SSSR count). The Morgan fingerprint density at radius 2 is 1.73 bits per heavy atom. The first kappa shape index (κ1) is 21.8. The molecule has 6 heteroatoms. The van der Waals surface area contributed by atoms with Gasteiger partial charge in [-0.05, 0) is 36.6 Å². The minimum Gasteiger partial charge on any atom is -0.357 e. The summed E-state index contributed by atoms with van der Waals surface area (Å²) in [7, 11) is 1.65. The van der Waals surface area contributed by atoms with Crippen LogP contribution in [-0.4, -0.2) is 68.0 Å². The number of rotatable bonds is 7. The van der Waals surface area contributed by atoms with Crippen molar-refractivity contribution in [1.29, 1.82) is 0 Å². The Hall–Kier alpha value is -2.86. The highest BCUT2D eigenvalue weighted by Crippen LogP contribution is 2.10. The average molecular weight is 408 g/mol. The predicted octanol–water partition coefficient (Wildman–Crippen LogP) is 2.37. The summed E-state index contributed by atoms with van der Waals surface area (Å²) in [6.45, 7) is 8.69. The third-order valence-corrected chi connectivity index (χ3v) is 5.33. The Morgan fingerprint density at radius 1 is 1.00 bits per heavy atom. The van der Waals surface area contributed by atoms with E-state index in [0.29, 0.717) is 12.1 Å². The van der Waals surface area contributed by atoms with Gasteiger partial charge in [-0.15, -0.1) is 0 Å². The minimum atomic E-state index is -0.0536. The zero-order chi connectivity index (χ0) is 21.2. The second kappa shape index (κ2) is 11.4. The van der Waals surface area contributed by atoms with E-state index in [4.69, 9.17) is 4.99 Å². The number of carbonyl (C=O) groups is 1. The third-order valence-electron chi connectivity index (χ3n) is 5.33. The van der Waals surface area contributed by atoms with Crippen LogP contribution in [0.4, 0.5) is 0 Å². The summed E-state index contributed by atoms with van der Waals surface area (Å²) in [5.74, 6) is 0.932. The number of carbonyl (C=O) groups excluding carboxylic acids is 1. The molecule has 0 saturated carbocycles. The van der Waals surface area contributed by atoms with Crippen LogP contribution in [0.2, 0.25) is 0 Å². The molecular formula is C24H33N5O. The van der Waals surface area contributed by atoms with Crippen molar-refractivity contribution in [2.24, 2.45) is 4.99 Å². The lowest BCUT2D eigenvalue weighted by atomic mass is 10.1. The Kier molecular flexibility index (Phi) is 8.27. The van der Waals surface area contributed by atoms with E-state index >= 15 is 0 Å². The zero-order valence-electron chi connectivity index (χ0n) is 18.1. The average Bonchev–Trinajstić information content (AvgIpc) is 2.79. The van der Waals surface area contributed by atoms with Gasteiger partial charge < -0.3 is 15.5 Å². The van der Waals surface area contributed by atoms with Gasteiger partial charge >= 0.3 is 0 Å². The van der Waals surface area contributed by atoms with Gasteiger partial charge in [-0.3, -0.25) is 14.7 Å². The number of guanidine groups is 1. The van der Waals surface area contributed by atoms with Crippen molar-refractivity contribution in [2.45, 2.75) is 19.9 Å². The van der Waals surface area contributed by atoms with Crippen LogP contribution in [0.25, 0.3) is 0 Å². The van der Waals surface area contributed by atoms with Crippen LogP contribution in [0.5, 0.6) is 0 Å². The van der Waals surface area contributed by atoms with E-state index in [1.54, 1.807) is 7.05 Å². The summed E-state index contributed by atoms with van der Waals surface area (Å²) in [5.41, 5.74) is 3.19. The van der Waals surface area contributed by atoms with E-state index < -0.39 is 0 Å². The first-order valence-electron chi connectivity index (χ1n) is 10.8. The van der Waals surface area contributed by atoms with E-state index in [1.165, 1.54) is 5.56 Å². The maximum atomic E-state index is 11.8. The molecule has 0 atom stereocenters. The first-order chi connectivity index (χ1) is 14.7. The SMILES string of the molecule is CCNC(=NCCc1cccc(C(=O)NC)c1)N1CCN(Cc2ccccc2)CC1. The smallest absolute Gasteiger partial charge is 0.251 e. The molecule has 0 spiro atoms. The van der Waals surface area contributed by atoms with Crippen LogP contribution in [-0.2, 0) is 13.0 Å². The second-order valence-corrected chi connectivity index (χ2v) is 7.51. The molecule has 1 aliphatic rings. The molecular weight excluding hydrogens is 374 g/mol. The summed E-state index contributed by atoms with van der Waals surface area (Å²) in [6.07, 6.45) is 0.813. The van der Waals surface area contributed by atoms with Crippen LogP contribution < -0.4 is 10.6 Å². The van der Waals surface area contributed by atoms with Crippen molar-refractivity contribution >= 4 is 11.9 Å². The number of nitrogens with one attached hydrogen (secondary N) is 2. The lowest BCUT2D eigenvalue weighted by molar-refractivity contribution is 0.0963. The molecule has 1 aliphatic heterocycles. The zero-order valence-corrected chi connectivity index (χ0v) is 18.1. The molecule has 30 heavy (non-hydrogen) atoms. The molecule has 2 aromatic rings. The van der Waals surface area contributed by atoms with Crippen LogP contribution in [0, 0.1) is 0 Å². The standard InChI is InChI=1S/C24H33N5O/c1-3-26-24(27-13-12-20-10-7-11-22(18-20)23(30)25-2)29-16-14-28(15-17-29)19-21-8-5-4-6-9-21/h4-11,18H,3,12-17,19H2,1-2H3,(H,25,30)(H,26,27). The molecule has 0 unspecified atom stereocenters. The highest BCUT2D eigenvalue weighted by molar-refractivity contribution is 5.94. The topological polar surface area (TPSA) is 60.0 Å². The van der Waals surface area contributed by atoms with Crippen LogP contribution in [0.1, 0.15) is 28.4 Å². The van der Waals surface area contributed by atoms with E-state index in [1.807, 2.05) is 18.2 Å². The molecule has 0 bridgehead atoms. The van der Waals surface area contributed by atoms with E-state index in [0.717, 1.165) is 57.2 Å². The minimum absolute atomic E-state index is 0.0536. The van der Waals surface area contributed by atoms with Gasteiger partial charge in [-0.2, -0.15) is 0 Å². The maximum Gasteiger partial charge on any atom is 0.251 e.